The van der Waals surface area contributed by atoms with E-state index in [0.29, 0.717) is 12.5 Å². The summed E-state index contributed by atoms with van der Waals surface area (Å²) >= 11 is 0. The van der Waals surface area contributed by atoms with Gasteiger partial charge in [0.2, 0.25) is 5.88 Å². The fraction of sp³-hybridized carbons (Fsp3) is 0.333. The summed E-state index contributed by atoms with van der Waals surface area (Å²) in [4.78, 5) is 16.7. The topological polar surface area (TPSA) is 55.0 Å². The Morgan fingerprint density at radius 1 is 1.80 bits per heavy atom. The van der Waals surface area contributed by atoms with Gasteiger partial charge in [0.15, 0.2) is 0 Å². The highest BCUT2D eigenvalue weighted by atomic mass is 16.5. The largest absolute Gasteiger partial charge is 0.478 e. The maximum atomic E-state index is 10.6. The van der Waals surface area contributed by atoms with Crippen LogP contribution in [0.15, 0.2) is 17.2 Å². The summed E-state index contributed by atoms with van der Waals surface area (Å²) in [5.74, 6) is 0.367. The molecule has 0 bridgehead atoms. The Kier molecular flexibility index (Phi) is 2.04. The third-order valence-electron chi connectivity index (χ3n) is 0.945. The van der Waals surface area contributed by atoms with Crippen LogP contribution < -0.4 is 10.3 Å². The molecule has 0 saturated carbocycles. The van der Waals surface area contributed by atoms with E-state index in [1.54, 1.807) is 0 Å². The van der Waals surface area contributed by atoms with E-state index in [2.05, 4.69) is 9.97 Å². The number of hydrogen-bond acceptors (Lipinski definition) is 3. The highest BCUT2D eigenvalue weighted by molar-refractivity contribution is 5.04. The highest BCUT2D eigenvalue weighted by Gasteiger charge is 1.91. The molecule has 0 spiro atoms. The number of rotatable bonds is 2. The predicted molar refractivity (Wildman–Crippen MR) is 36.0 cm³/mol. The molecule has 1 aromatic rings. The van der Waals surface area contributed by atoms with Gasteiger partial charge in [0.05, 0.1) is 19.0 Å². The second-order valence-electron chi connectivity index (χ2n) is 1.68. The summed E-state index contributed by atoms with van der Waals surface area (Å²) < 4.78 is 4.96. The molecule has 1 heterocycles. The molecule has 4 heteroatoms. The van der Waals surface area contributed by atoms with Crippen LogP contribution >= 0.6 is 0 Å². The summed E-state index contributed by atoms with van der Waals surface area (Å²) in [6.45, 7) is 2.36. The predicted octanol–water partition coefficient (Wildman–Crippen LogP) is 0.169. The van der Waals surface area contributed by atoms with Crippen LogP contribution in [0.1, 0.15) is 6.92 Å². The molecule has 0 aliphatic heterocycles. The normalized spacial score (nSPS) is 9.30. The summed E-state index contributed by atoms with van der Waals surface area (Å²) in [6, 6.07) is 1.31. The van der Waals surface area contributed by atoms with Crippen molar-refractivity contribution in [3.63, 3.8) is 0 Å². The molecule has 0 atom stereocenters. The summed E-state index contributed by atoms with van der Waals surface area (Å²) in [7, 11) is 0. The van der Waals surface area contributed by atoms with Crippen LogP contribution in [-0.2, 0) is 0 Å². The fourth-order valence-electron chi connectivity index (χ4n) is 0.577. The van der Waals surface area contributed by atoms with Gasteiger partial charge in [-0.05, 0) is 6.92 Å². The van der Waals surface area contributed by atoms with Gasteiger partial charge in [-0.3, -0.25) is 4.79 Å². The molecule has 0 aliphatic carbocycles. The van der Waals surface area contributed by atoms with E-state index < -0.39 is 0 Å². The molecule has 0 saturated heterocycles. The molecule has 0 aliphatic rings. The van der Waals surface area contributed by atoms with Gasteiger partial charge in [-0.15, -0.1) is 0 Å². The van der Waals surface area contributed by atoms with Gasteiger partial charge in [0.25, 0.3) is 5.56 Å². The maximum absolute atomic E-state index is 10.6. The molecule has 0 amide bonds. The molecule has 0 radical (unpaired) electrons. The van der Waals surface area contributed by atoms with E-state index in [1.807, 2.05) is 6.92 Å². The lowest BCUT2D eigenvalue weighted by atomic mass is 10.6. The van der Waals surface area contributed by atoms with E-state index in [1.165, 1.54) is 12.4 Å². The van der Waals surface area contributed by atoms with Crippen molar-refractivity contribution in [2.24, 2.45) is 0 Å². The molecule has 1 N–H and O–H groups in total. The molecule has 1 aromatic heterocycles. The van der Waals surface area contributed by atoms with Gasteiger partial charge in [0.1, 0.15) is 0 Å². The van der Waals surface area contributed by atoms with Crippen LogP contribution in [-0.4, -0.2) is 16.6 Å². The molecule has 0 fully saturated rings. The van der Waals surface area contributed by atoms with E-state index in [0.717, 1.165) is 0 Å². The van der Waals surface area contributed by atoms with Gasteiger partial charge >= 0.3 is 0 Å². The van der Waals surface area contributed by atoms with Crippen molar-refractivity contribution < 1.29 is 4.74 Å². The van der Waals surface area contributed by atoms with Crippen LogP contribution in [0.25, 0.3) is 0 Å². The molecule has 0 aromatic carbocycles. The number of H-pyrrole nitrogens is 1. The molecule has 54 valence electrons. The number of nitrogens with one attached hydrogen (secondary N) is 1. The van der Waals surface area contributed by atoms with Gasteiger partial charge in [0, 0.05) is 0 Å². The Morgan fingerprint density at radius 2 is 2.60 bits per heavy atom. The van der Waals surface area contributed by atoms with E-state index >= 15 is 0 Å². The standard InChI is InChI=1S/C6H8N2O2/c1-2-10-6-3-5(9)7-4-8-6/h3-4H,2H2,1H3,(H,7,8,9). The number of hydrogen-bond donors (Lipinski definition) is 1. The zero-order valence-electron chi connectivity index (χ0n) is 5.63. The third-order valence-corrected chi connectivity index (χ3v) is 0.945. The average Bonchev–Trinajstić information content (AvgIpc) is 1.88. The number of ether oxygens (including phenoxy) is 1. The minimum atomic E-state index is -0.196. The Balaban J connectivity index is 2.85. The zero-order chi connectivity index (χ0) is 7.40. The number of aromatic amines is 1. The van der Waals surface area contributed by atoms with Crippen molar-refractivity contribution >= 4 is 0 Å². The van der Waals surface area contributed by atoms with E-state index in [9.17, 15) is 4.79 Å². The zero-order valence-corrected chi connectivity index (χ0v) is 5.63. The third kappa shape index (κ3) is 1.58. The molecule has 4 nitrogen and oxygen atoms in total. The van der Waals surface area contributed by atoms with Crippen molar-refractivity contribution in [1.29, 1.82) is 0 Å². The first-order chi connectivity index (χ1) is 4.83. The minimum absolute atomic E-state index is 0.196. The quantitative estimate of drug-likeness (QED) is 0.637. The van der Waals surface area contributed by atoms with Crippen molar-refractivity contribution in [1.82, 2.24) is 9.97 Å². The van der Waals surface area contributed by atoms with Crippen molar-refractivity contribution in [3.05, 3.63) is 22.7 Å². The Hall–Kier alpha value is -1.32. The van der Waals surface area contributed by atoms with Gasteiger partial charge < -0.3 is 9.72 Å². The molecule has 0 unspecified atom stereocenters. The van der Waals surface area contributed by atoms with E-state index in [4.69, 9.17) is 4.74 Å². The van der Waals surface area contributed by atoms with Crippen LogP contribution in [0.4, 0.5) is 0 Å². The van der Waals surface area contributed by atoms with E-state index in [-0.39, 0.29) is 5.56 Å². The lowest BCUT2D eigenvalue weighted by Gasteiger charge is -1.97. The highest BCUT2D eigenvalue weighted by Crippen LogP contribution is 1.96. The molecule has 10 heavy (non-hydrogen) atoms. The van der Waals surface area contributed by atoms with Gasteiger partial charge in [-0.2, -0.15) is 0 Å². The van der Waals surface area contributed by atoms with Crippen LogP contribution in [0.3, 0.4) is 0 Å². The molecule has 1 rings (SSSR count). The Bertz CT molecular complexity index is 256. The van der Waals surface area contributed by atoms with Crippen LogP contribution in [0.2, 0.25) is 0 Å². The lowest BCUT2D eigenvalue weighted by Crippen LogP contribution is -2.05. The fourth-order valence-corrected chi connectivity index (χ4v) is 0.577. The molecular formula is C6H8N2O2. The van der Waals surface area contributed by atoms with Gasteiger partial charge in [-0.25, -0.2) is 4.98 Å². The SMILES string of the molecule is CCOc1cc(=O)[nH]cn1. The summed E-state index contributed by atoms with van der Waals surface area (Å²) in [6.07, 6.45) is 1.31. The smallest absolute Gasteiger partial charge is 0.254 e. The lowest BCUT2D eigenvalue weighted by molar-refractivity contribution is 0.325. The molecular weight excluding hydrogens is 132 g/mol. The summed E-state index contributed by atoms with van der Waals surface area (Å²) in [5.41, 5.74) is -0.196. The Labute approximate surface area is 57.9 Å². The monoisotopic (exact) mass is 140 g/mol. The number of aromatic nitrogens is 2. The Morgan fingerprint density at radius 3 is 3.20 bits per heavy atom. The van der Waals surface area contributed by atoms with Crippen molar-refractivity contribution in [2.75, 3.05) is 6.61 Å². The second kappa shape index (κ2) is 3.00. The average molecular weight is 140 g/mol. The van der Waals surface area contributed by atoms with Crippen molar-refractivity contribution in [2.45, 2.75) is 6.92 Å². The number of nitrogens with zero attached hydrogens (tertiary/aromatic N) is 1. The van der Waals surface area contributed by atoms with Crippen molar-refractivity contribution in [3.8, 4) is 5.88 Å². The first-order valence-corrected chi connectivity index (χ1v) is 3.00. The van der Waals surface area contributed by atoms with Crippen LogP contribution in [0, 0.1) is 0 Å². The minimum Gasteiger partial charge on any atom is -0.478 e. The summed E-state index contributed by atoms with van der Waals surface area (Å²) in [5, 5.41) is 0. The first-order valence-electron chi connectivity index (χ1n) is 3.00. The first kappa shape index (κ1) is 6.80. The van der Waals surface area contributed by atoms with Crippen LogP contribution in [0.5, 0.6) is 5.88 Å². The maximum Gasteiger partial charge on any atom is 0.254 e. The van der Waals surface area contributed by atoms with Gasteiger partial charge in [-0.1, -0.05) is 0 Å². The second-order valence-corrected chi connectivity index (χ2v) is 1.68.